The molecule has 0 aliphatic heterocycles. The van der Waals surface area contributed by atoms with Crippen molar-refractivity contribution in [1.82, 2.24) is 4.98 Å². The van der Waals surface area contributed by atoms with Crippen LogP contribution in [0.5, 0.6) is 0 Å². The van der Waals surface area contributed by atoms with Crippen LogP contribution in [0.25, 0.3) is 0 Å². The summed E-state index contributed by atoms with van der Waals surface area (Å²) in [5, 5.41) is 16.0. The van der Waals surface area contributed by atoms with E-state index in [1.54, 1.807) is 6.92 Å². The Bertz CT molecular complexity index is 543. The highest BCUT2D eigenvalue weighted by Gasteiger charge is 2.07. The lowest BCUT2D eigenvalue weighted by Crippen LogP contribution is -2.31. The molecule has 4 nitrogen and oxygen atoms in total. The van der Waals surface area contributed by atoms with Crippen molar-refractivity contribution in [3.63, 3.8) is 0 Å². The number of nitrogens with one attached hydrogen (secondary N) is 1. The summed E-state index contributed by atoms with van der Waals surface area (Å²) in [7, 11) is 0. The lowest BCUT2D eigenvalue weighted by Gasteiger charge is -2.10. The predicted octanol–water partition coefficient (Wildman–Crippen LogP) is 2.26. The topological polar surface area (TPSA) is 65.0 Å². The van der Waals surface area contributed by atoms with E-state index in [2.05, 4.69) is 10.3 Å². The smallest absolute Gasteiger partial charge is 0.187 e. The van der Waals surface area contributed by atoms with Gasteiger partial charge in [-0.05, 0) is 19.1 Å². The largest absolute Gasteiger partial charge is 0.549 e. The number of aromatic nitrogens is 1. The number of rotatable bonds is 6. The van der Waals surface area contributed by atoms with Crippen molar-refractivity contribution >= 4 is 39.9 Å². The Morgan fingerprint density at radius 1 is 1.47 bits per heavy atom. The molecule has 1 heterocycles. The highest BCUT2D eigenvalue weighted by atomic mass is 32.2. The van der Waals surface area contributed by atoms with Gasteiger partial charge in [0.1, 0.15) is 0 Å². The zero-order valence-electron chi connectivity index (χ0n) is 10.3. The van der Waals surface area contributed by atoms with Gasteiger partial charge in [-0.2, -0.15) is 0 Å². The van der Waals surface area contributed by atoms with Crippen LogP contribution in [0, 0.1) is 0 Å². The van der Waals surface area contributed by atoms with Gasteiger partial charge in [0.05, 0.1) is 11.7 Å². The minimum absolute atomic E-state index is 0.521. The maximum absolute atomic E-state index is 10.6. The second-order valence-corrected chi connectivity index (χ2v) is 6.09. The van der Waals surface area contributed by atoms with Crippen molar-refractivity contribution in [2.45, 2.75) is 17.9 Å². The molecular weight excluding hydrogens is 280 g/mol. The van der Waals surface area contributed by atoms with E-state index in [9.17, 15) is 9.90 Å². The zero-order valence-corrected chi connectivity index (χ0v) is 12.0. The quantitative estimate of drug-likeness (QED) is 0.885. The first kappa shape index (κ1) is 13.9. The molecule has 0 amide bonds. The molecule has 19 heavy (non-hydrogen) atoms. The highest BCUT2D eigenvalue weighted by Crippen LogP contribution is 2.24. The molecule has 1 atom stereocenters. The third kappa shape index (κ3) is 4.25. The van der Waals surface area contributed by atoms with Gasteiger partial charge in [0.25, 0.3) is 0 Å². The number of carboxylic acids is 1. The SMILES string of the molecule is C[C@@H](SCc1csc(Nc2ccccc2)n1)C(=O)[O-]. The van der Waals surface area contributed by atoms with E-state index in [1.807, 2.05) is 35.7 Å². The molecule has 0 aliphatic rings. The van der Waals surface area contributed by atoms with Gasteiger partial charge in [0.2, 0.25) is 0 Å². The monoisotopic (exact) mass is 293 g/mol. The molecular formula is C13H13N2O2S2-. The van der Waals surface area contributed by atoms with Gasteiger partial charge in [-0.25, -0.2) is 4.98 Å². The number of thioether (sulfide) groups is 1. The van der Waals surface area contributed by atoms with Gasteiger partial charge in [-0.3, -0.25) is 0 Å². The number of nitrogens with zero attached hydrogens (tertiary/aromatic N) is 1. The van der Waals surface area contributed by atoms with Gasteiger partial charge < -0.3 is 15.2 Å². The summed E-state index contributed by atoms with van der Waals surface area (Å²) < 4.78 is 0. The molecule has 0 saturated heterocycles. The number of anilines is 2. The average Bonchev–Trinajstić information content (AvgIpc) is 2.84. The van der Waals surface area contributed by atoms with E-state index in [4.69, 9.17) is 0 Å². The Morgan fingerprint density at radius 2 is 2.21 bits per heavy atom. The van der Waals surface area contributed by atoms with Crippen molar-refractivity contribution in [2.24, 2.45) is 0 Å². The number of carbonyl (C=O) groups excluding carboxylic acids is 1. The summed E-state index contributed by atoms with van der Waals surface area (Å²) in [5.41, 5.74) is 1.86. The molecule has 0 saturated carbocycles. The fourth-order valence-corrected chi connectivity index (χ4v) is 2.89. The summed E-state index contributed by atoms with van der Waals surface area (Å²) >= 11 is 2.82. The molecule has 2 rings (SSSR count). The van der Waals surface area contributed by atoms with Gasteiger partial charge in [-0.15, -0.1) is 23.1 Å². The van der Waals surface area contributed by atoms with Crippen molar-refractivity contribution in [3.8, 4) is 0 Å². The number of thiazole rings is 1. The van der Waals surface area contributed by atoms with E-state index in [1.165, 1.54) is 23.1 Å². The first-order valence-electron chi connectivity index (χ1n) is 5.74. The summed E-state index contributed by atoms with van der Waals surface area (Å²) in [6.07, 6.45) is 0. The third-order valence-electron chi connectivity index (χ3n) is 2.39. The Labute approximate surface area is 119 Å². The first-order valence-corrected chi connectivity index (χ1v) is 7.67. The van der Waals surface area contributed by atoms with Gasteiger partial charge in [0, 0.05) is 22.1 Å². The fraction of sp³-hybridized carbons (Fsp3) is 0.231. The van der Waals surface area contributed by atoms with Crippen molar-refractivity contribution in [3.05, 3.63) is 41.4 Å². The first-order chi connectivity index (χ1) is 9.15. The van der Waals surface area contributed by atoms with Crippen LogP contribution in [0.4, 0.5) is 10.8 Å². The number of carboxylic acid groups (broad SMARTS) is 1. The average molecular weight is 293 g/mol. The molecule has 0 aliphatic carbocycles. The number of hydrogen-bond donors (Lipinski definition) is 1. The number of carbonyl (C=O) groups is 1. The molecule has 1 N–H and O–H groups in total. The summed E-state index contributed by atoms with van der Waals surface area (Å²) in [4.78, 5) is 15.0. The van der Waals surface area contributed by atoms with E-state index >= 15 is 0 Å². The Morgan fingerprint density at radius 3 is 2.89 bits per heavy atom. The normalized spacial score (nSPS) is 12.1. The molecule has 0 fully saturated rings. The number of hydrogen-bond acceptors (Lipinski definition) is 6. The van der Waals surface area contributed by atoms with Crippen LogP contribution in [0.3, 0.4) is 0 Å². The van der Waals surface area contributed by atoms with Crippen LogP contribution >= 0.6 is 23.1 Å². The summed E-state index contributed by atoms with van der Waals surface area (Å²) in [6.45, 7) is 1.62. The van der Waals surface area contributed by atoms with Crippen LogP contribution in [-0.4, -0.2) is 16.2 Å². The minimum atomic E-state index is -1.04. The third-order valence-corrected chi connectivity index (χ3v) is 4.35. The molecule has 0 radical (unpaired) electrons. The zero-order chi connectivity index (χ0) is 13.7. The van der Waals surface area contributed by atoms with Crippen molar-refractivity contribution in [2.75, 3.05) is 5.32 Å². The second-order valence-electron chi connectivity index (χ2n) is 3.91. The molecule has 0 unspecified atom stereocenters. The molecule has 0 spiro atoms. The molecule has 1 aromatic heterocycles. The number of para-hydroxylation sites is 1. The lowest BCUT2D eigenvalue weighted by atomic mass is 10.3. The van der Waals surface area contributed by atoms with Crippen LogP contribution in [-0.2, 0) is 10.5 Å². The summed E-state index contributed by atoms with van der Waals surface area (Å²) in [5.74, 6) is -0.467. The maximum Gasteiger partial charge on any atom is 0.187 e. The number of aliphatic carboxylic acids is 1. The van der Waals surface area contributed by atoms with E-state index in [0.717, 1.165) is 16.5 Å². The van der Waals surface area contributed by atoms with Gasteiger partial charge in [0.15, 0.2) is 5.13 Å². The highest BCUT2D eigenvalue weighted by molar-refractivity contribution is 7.99. The molecule has 100 valence electrons. The van der Waals surface area contributed by atoms with E-state index in [-0.39, 0.29) is 0 Å². The summed E-state index contributed by atoms with van der Waals surface area (Å²) in [6, 6.07) is 9.79. The van der Waals surface area contributed by atoms with E-state index in [0.29, 0.717) is 5.75 Å². The lowest BCUT2D eigenvalue weighted by molar-refractivity contribution is -0.304. The van der Waals surface area contributed by atoms with Gasteiger partial charge in [-0.1, -0.05) is 18.2 Å². The fourth-order valence-electron chi connectivity index (χ4n) is 1.35. The molecule has 0 bridgehead atoms. The van der Waals surface area contributed by atoms with Crippen LogP contribution in [0.15, 0.2) is 35.7 Å². The van der Waals surface area contributed by atoms with Crippen LogP contribution < -0.4 is 10.4 Å². The maximum atomic E-state index is 10.6. The number of benzene rings is 1. The second kappa shape index (κ2) is 6.58. The Hall–Kier alpha value is -1.53. The Kier molecular flexibility index (Phi) is 4.81. The van der Waals surface area contributed by atoms with E-state index < -0.39 is 11.2 Å². The van der Waals surface area contributed by atoms with Crippen molar-refractivity contribution in [1.29, 1.82) is 0 Å². The molecule has 1 aromatic carbocycles. The minimum Gasteiger partial charge on any atom is -0.549 e. The Balaban J connectivity index is 1.90. The van der Waals surface area contributed by atoms with Crippen molar-refractivity contribution < 1.29 is 9.90 Å². The predicted molar refractivity (Wildman–Crippen MR) is 77.6 cm³/mol. The molecule has 2 aromatic rings. The van der Waals surface area contributed by atoms with Crippen LogP contribution in [0.1, 0.15) is 12.6 Å². The van der Waals surface area contributed by atoms with Crippen LogP contribution in [0.2, 0.25) is 0 Å². The molecule has 6 heteroatoms. The van der Waals surface area contributed by atoms with Gasteiger partial charge >= 0.3 is 0 Å². The standard InChI is InChI=1S/C13H14N2O2S2/c1-9(12(16)17)18-7-11-8-19-13(15-11)14-10-5-3-2-4-6-10/h2-6,8-9H,7H2,1H3,(H,14,15)(H,16,17)/p-1/t9-/m1/s1.